The molecule has 0 amide bonds. The average molecular weight is 305 g/mol. The van der Waals surface area contributed by atoms with Crippen LogP contribution in [0.25, 0.3) is 0 Å². The topological polar surface area (TPSA) is 67.4 Å². The normalized spacial score (nSPS) is 17.4. The molecule has 0 aromatic heterocycles. The van der Waals surface area contributed by atoms with Crippen molar-refractivity contribution in [2.24, 2.45) is 0 Å². The van der Waals surface area contributed by atoms with Crippen LogP contribution in [0.4, 0.5) is 0 Å². The van der Waals surface area contributed by atoms with Gasteiger partial charge >= 0.3 is 0 Å². The Balaban J connectivity index is 2.16. The highest BCUT2D eigenvalue weighted by Crippen LogP contribution is 2.27. The van der Waals surface area contributed by atoms with Crippen LogP contribution in [-0.4, -0.2) is 34.7 Å². The molecule has 0 unspecified atom stereocenters. The molecule has 1 aliphatic heterocycles. The minimum absolute atomic E-state index is 0.0212. The maximum atomic E-state index is 12.2. The van der Waals surface area contributed by atoms with Crippen molar-refractivity contribution in [3.63, 3.8) is 0 Å². The van der Waals surface area contributed by atoms with E-state index in [1.54, 1.807) is 6.07 Å². The number of rotatable bonds is 4. The lowest BCUT2D eigenvalue weighted by Gasteiger charge is -2.23. The Kier molecular flexibility index (Phi) is 4.67. The monoisotopic (exact) mass is 304 g/mol. The third-order valence-electron chi connectivity index (χ3n) is 3.09. The van der Waals surface area contributed by atoms with Crippen molar-refractivity contribution in [2.75, 3.05) is 20.2 Å². The maximum Gasteiger partial charge on any atom is 0.240 e. The average Bonchev–Trinajstić information content (AvgIpc) is 2.39. The molecule has 0 atom stereocenters. The van der Waals surface area contributed by atoms with E-state index in [-0.39, 0.29) is 16.0 Å². The standard InChI is InChI=1S/C12H17ClN2O3S/c1-18-12-3-2-10(8-11(12)13)19(16,17)15-9-4-6-14-7-5-9/h2-3,8-9,14-15H,4-7H2,1H3. The number of hydrogen-bond acceptors (Lipinski definition) is 4. The van der Waals surface area contributed by atoms with Crippen molar-refractivity contribution < 1.29 is 13.2 Å². The molecule has 2 N–H and O–H groups in total. The lowest BCUT2D eigenvalue weighted by molar-refractivity contribution is 0.414. The van der Waals surface area contributed by atoms with Crippen LogP contribution in [0.2, 0.25) is 5.02 Å². The van der Waals surface area contributed by atoms with Gasteiger partial charge in [0.05, 0.1) is 17.0 Å². The summed E-state index contributed by atoms with van der Waals surface area (Å²) in [6.07, 6.45) is 1.59. The molecule has 1 aromatic rings. The maximum absolute atomic E-state index is 12.2. The van der Waals surface area contributed by atoms with Gasteiger partial charge in [-0.3, -0.25) is 0 Å². The van der Waals surface area contributed by atoms with Crippen molar-refractivity contribution in [3.8, 4) is 5.75 Å². The molecule has 0 bridgehead atoms. The Hall–Kier alpha value is -0.820. The second kappa shape index (κ2) is 6.09. The zero-order valence-electron chi connectivity index (χ0n) is 10.6. The van der Waals surface area contributed by atoms with Crippen molar-refractivity contribution in [3.05, 3.63) is 23.2 Å². The van der Waals surface area contributed by atoms with Crippen molar-refractivity contribution in [1.29, 1.82) is 0 Å². The Morgan fingerprint density at radius 3 is 2.63 bits per heavy atom. The summed E-state index contributed by atoms with van der Waals surface area (Å²) in [7, 11) is -2.04. The van der Waals surface area contributed by atoms with Crippen molar-refractivity contribution in [1.82, 2.24) is 10.0 Å². The van der Waals surface area contributed by atoms with Crippen LogP contribution in [-0.2, 0) is 10.0 Å². The molecule has 19 heavy (non-hydrogen) atoms. The van der Waals surface area contributed by atoms with E-state index in [1.165, 1.54) is 19.2 Å². The number of ether oxygens (including phenoxy) is 1. The summed E-state index contributed by atoms with van der Waals surface area (Å²) in [5, 5.41) is 3.48. The van der Waals surface area contributed by atoms with Gasteiger partial charge in [-0.05, 0) is 44.1 Å². The lowest BCUT2D eigenvalue weighted by Crippen LogP contribution is -2.42. The first-order chi connectivity index (χ1) is 9.03. The largest absolute Gasteiger partial charge is 0.495 e. The first-order valence-electron chi connectivity index (χ1n) is 6.09. The zero-order valence-corrected chi connectivity index (χ0v) is 12.2. The van der Waals surface area contributed by atoms with Crippen LogP contribution < -0.4 is 14.8 Å². The highest BCUT2D eigenvalue weighted by Gasteiger charge is 2.22. The van der Waals surface area contributed by atoms with Crippen LogP contribution in [0.3, 0.4) is 0 Å². The molecule has 106 valence electrons. The van der Waals surface area contributed by atoms with Gasteiger partial charge in [0, 0.05) is 6.04 Å². The molecule has 1 heterocycles. The Morgan fingerprint density at radius 2 is 2.05 bits per heavy atom. The van der Waals surface area contributed by atoms with Gasteiger partial charge < -0.3 is 10.1 Å². The molecular formula is C12H17ClN2O3S. The van der Waals surface area contributed by atoms with Crippen LogP contribution in [0.1, 0.15) is 12.8 Å². The van der Waals surface area contributed by atoms with E-state index in [0.717, 1.165) is 25.9 Å². The van der Waals surface area contributed by atoms with Crippen molar-refractivity contribution >= 4 is 21.6 Å². The third kappa shape index (κ3) is 3.60. The van der Waals surface area contributed by atoms with Crippen LogP contribution in [0, 0.1) is 0 Å². The number of benzene rings is 1. The summed E-state index contributed by atoms with van der Waals surface area (Å²) in [4.78, 5) is 0.164. The molecule has 0 radical (unpaired) electrons. The second-order valence-electron chi connectivity index (χ2n) is 4.44. The molecule has 5 nitrogen and oxygen atoms in total. The molecule has 1 aromatic carbocycles. The van der Waals surface area contributed by atoms with E-state index in [0.29, 0.717) is 5.75 Å². The van der Waals surface area contributed by atoms with Gasteiger partial charge in [-0.1, -0.05) is 11.6 Å². The highest BCUT2D eigenvalue weighted by molar-refractivity contribution is 7.89. The molecular weight excluding hydrogens is 288 g/mol. The Bertz CT molecular complexity index is 542. The molecule has 1 saturated heterocycles. The van der Waals surface area contributed by atoms with E-state index in [2.05, 4.69) is 10.0 Å². The van der Waals surface area contributed by atoms with E-state index in [9.17, 15) is 8.42 Å². The van der Waals surface area contributed by atoms with Gasteiger partial charge in [0.2, 0.25) is 10.0 Å². The second-order valence-corrected chi connectivity index (χ2v) is 6.56. The molecule has 2 rings (SSSR count). The summed E-state index contributed by atoms with van der Waals surface area (Å²) < 4.78 is 32.2. The number of sulfonamides is 1. The van der Waals surface area contributed by atoms with Gasteiger partial charge in [0.25, 0.3) is 0 Å². The van der Waals surface area contributed by atoms with Gasteiger partial charge in [0.15, 0.2) is 0 Å². The summed E-state index contributed by atoms with van der Waals surface area (Å²) in [5.74, 6) is 0.461. The smallest absolute Gasteiger partial charge is 0.240 e. The summed E-state index contributed by atoms with van der Waals surface area (Å²) in [5.41, 5.74) is 0. The molecule has 0 spiro atoms. The highest BCUT2D eigenvalue weighted by atomic mass is 35.5. The fourth-order valence-electron chi connectivity index (χ4n) is 2.04. The molecule has 1 fully saturated rings. The number of halogens is 1. The Labute approximate surface area is 118 Å². The fourth-order valence-corrected chi connectivity index (χ4v) is 3.69. The van der Waals surface area contributed by atoms with Crippen LogP contribution in [0.15, 0.2) is 23.1 Å². The number of hydrogen-bond donors (Lipinski definition) is 2. The van der Waals surface area contributed by atoms with E-state index in [1.807, 2.05) is 0 Å². The van der Waals surface area contributed by atoms with E-state index in [4.69, 9.17) is 16.3 Å². The van der Waals surface area contributed by atoms with E-state index >= 15 is 0 Å². The summed E-state index contributed by atoms with van der Waals surface area (Å²) in [6.45, 7) is 1.66. The zero-order chi connectivity index (χ0) is 13.9. The fraction of sp³-hybridized carbons (Fsp3) is 0.500. The predicted molar refractivity (Wildman–Crippen MR) is 74.2 cm³/mol. The van der Waals surface area contributed by atoms with Gasteiger partial charge in [-0.15, -0.1) is 0 Å². The lowest BCUT2D eigenvalue weighted by atomic mass is 10.1. The summed E-state index contributed by atoms with van der Waals surface area (Å²) >= 11 is 5.95. The van der Waals surface area contributed by atoms with Crippen LogP contribution in [0.5, 0.6) is 5.75 Å². The molecule has 0 saturated carbocycles. The van der Waals surface area contributed by atoms with Gasteiger partial charge in [-0.25, -0.2) is 13.1 Å². The van der Waals surface area contributed by atoms with Gasteiger partial charge in [0.1, 0.15) is 5.75 Å². The van der Waals surface area contributed by atoms with Crippen molar-refractivity contribution in [2.45, 2.75) is 23.8 Å². The minimum atomic E-state index is -3.53. The number of methoxy groups -OCH3 is 1. The molecule has 7 heteroatoms. The third-order valence-corrected chi connectivity index (χ3v) is 4.91. The van der Waals surface area contributed by atoms with Crippen LogP contribution >= 0.6 is 11.6 Å². The minimum Gasteiger partial charge on any atom is -0.495 e. The Morgan fingerprint density at radius 1 is 1.37 bits per heavy atom. The molecule has 1 aliphatic rings. The SMILES string of the molecule is COc1ccc(S(=O)(=O)NC2CCNCC2)cc1Cl. The first-order valence-corrected chi connectivity index (χ1v) is 7.95. The predicted octanol–water partition coefficient (Wildman–Crippen LogP) is 1.38. The first kappa shape index (κ1) is 14.6. The van der Waals surface area contributed by atoms with Gasteiger partial charge in [-0.2, -0.15) is 0 Å². The summed E-state index contributed by atoms with van der Waals surface area (Å²) in [6, 6.07) is 4.43. The number of nitrogens with one attached hydrogen (secondary N) is 2. The quantitative estimate of drug-likeness (QED) is 0.882. The van der Waals surface area contributed by atoms with E-state index < -0.39 is 10.0 Å². The molecule has 0 aliphatic carbocycles. The number of piperidine rings is 1.